The van der Waals surface area contributed by atoms with Crippen molar-refractivity contribution in [1.82, 2.24) is 9.88 Å². The SMILES string of the molecule is CC(=O)O[C@H](C)CC#CCN1CCC[C@H](c2cccnc2)C1. The Labute approximate surface area is 132 Å². The van der Waals surface area contributed by atoms with E-state index in [0.29, 0.717) is 12.3 Å². The summed E-state index contributed by atoms with van der Waals surface area (Å²) in [6, 6.07) is 4.16. The topological polar surface area (TPSA) is 42.4 Å². The van der Waals surface area contributed by atoms with Gasteiger partial charge in [-0.15, -0.1) is 0 Å². The zero-order valence-electron chi connectivity index (χ0n) is 13.4. The van der Waals surface area contributed by atoms with Crippen molar-refractivity contribution >= 4 is 5.97 Å². The molecule has 0 N–H and O–H groups in total. The Balaban J connectivity index is 1.78. The molecular formula is C18H24N2O2. The number of carbonyl (C=O) groups is 1. The van der Waals surface area contributed by atoms with E-state index >= 15 is 0 Å². The van der Waals surface area contributed by atoms with Gasteiger partial charge in [0, 0.05) is 32.3 Å². The molecule has 1 saturated heterocycles. The zero-order valence-corrected chi connectivity index (χ0v) is 13.4. The number of hydrogen-bond donors (Lipinski definition) is 0. The molecule has 0 unspecified atom stereocenters. The summed E-state index contributed by atoms with van der Waals surface area (Å²) < 4.78 is 5.06. The second-order valence-electron chi connectivity index (χ2n) is 5.84. The van der Waals surface area contributed by atoms with Crippen LogP contribution in [0.25, 0.3) is 0 Å². The summed E-state index contributed by atoms with van der Waals surface area (Å²) in [5.74, 6) is 6.63. The minimum atomic E-state index is -0.246. The van der Waals surface area contributed by atoms with Crippen LogP contribution < -0.4 is 0 Å². The van der Waals surface area contributed by atoms with E-state index in [-0.39, 0.29) is 12.1 Å². The molecule has 4 heteroatoms. The van der Waals surface area contributed by atoms with Crippen molar-refractivity contribution in [2.24, 2.45) is 0 Å². The number of hydrogen-bond acceptors (Lipinski definition) is 4. The molecule has 2 rings (SSSR count). The Bertz CT molecular complexity index is 533. The number of carbonyl (C=O) groups excluding carboxylic acids is 1. The number of likely N-dealkylation sites (tertiary alicyclic amines) is 1. The number of pyridine rings is 1. The lowest BCUT2D eigenvalue weighted by atomic mass is 9.92. The highest BCUT2D eigenvalue weighted by Crippen LogP contribution is 2.25. The van der Waals surface area contributed by atoms with Gasteiger partial charge in [-0.25, -0.2) is 0 Å². The molecule has 22 heavy (non-hydrogen) atoms. The maximum atomic E-state index is 10.8. The molecule has 0 aliphatic carbocycles. The number of rotatable bonds is 4. The van der Waals surface area contributed by atoms with E-state index in [9.17, 15) is 4.79 Å². The van der Waals surface area contributed by atoms with Crippen LogP contribution in [0.3, 0.4) is 0 Å². The molecule has 0 bridgehead atoms. The number of nitrogens with zero attached hydrogens (tertiary/aromatic N) is 2. The van der Waals surface area contributed by atoms with Crippen LogP contribution in [-0.4, -0.2) is 41.6 Å². The zero-order chi connectivity index (χ0) is 15.8. The smallest absolute Gasteiger partial charge is 0.302 e. The minimum absolute atomic E-state index is 0.130. The van der Waals surface area contributed by atoms with Gasteiger partial charge in [0.15, 0.2) is 0 Å². The van der Waals surface area contributed by atoms with Crippen LogP contribution in [-0.2, 0) is 9.53 Å². The van der Waals surface area contributed by atoms with Gasteiger partial charge < -0.3 is 4.74 Å². The van der Waals surface area contributed by atoms with E-state index in [1.807, 2.05) is 25.4 Å². The van der Waals surface area contributed by atoms with Crippen LogP contribution in [0.1, 0.15) is 44.6 Å². The monoisotopic (exact) mass is 300 g/mol. The number of ether oxygens (including phenoxy) is 1. The van der Waals surface area contributed by atoms with Gasteiger partial charge in [0.2, 0.25) is 0 Å². The van der Waals surface area contributed by atoms with Crippen LogP contribution >= 0.6 is 0 Å². The summed E-state index contributed by atoms with van der Waals surface area (Å²) in [5.41, 5.74) is 1.32. The summed E-state index contributed by atoms with van der Waals surface area (Å²) in [4.78, 5) is 17.4. The van der Waals surface area contributed by atoms with Gasteiger partial charge in [-0.2, -0.15) is 0 Å². The molecule has 2 heterocycles. The summed E-state index contributed by atoms with van der Waals surface area (Å²) in [5, 5.41) is 0. The first-order chi connectivity index (χ1) is 10.6. The Morgan fingerprint density at radius 1 is 1.55 bits per heavy atom. The standard InChI is InChI=1S/C18H24N2O2/c1-15(22-16(2)21)7-3-4-11-20-12-6-9-18(14-20)17-8-5-10-19-13-17/h5,8,10,13,15,18H,6-7,9,11-12,14H2,1-2H3/t15-,18+/m1/s1. The normalized spacial score (nSPS) is 19.8. The Hall–Kier alpha value is -1.86. The van der Waals surface area contributed by atoms with Crippen molar-refractivity contribution in [2.75, 3.05) is 19.6 Å². The van der Waals surface area contributed by atoms with Gasteiger partial charge in [0.25, 0.3) is 0 Å². The van der Waals surface area contributed by atoms with Gasteiger partial charge in [0.05, 0.1) is 6.54 Å². The molecule has 0 saturated carbocycles. The van der Waals surface area contributed by atoms with Crippen molar-refractivity contribution in [1.29, 1.82) is 0 Å². The molecule has 0 amide bonds. The van der Waals surface area contributed by atoms with Crippen LogP contribution in [0, 0.1) is 11.8 Å². The molecular weight excluding hydrogens is 276 g/mol. The van der Waals surface area contributed by atoms with Crippen LogP contribution in [0.2, 0.25) is 0 Å². The first-order valence-corrected chi connectivity index (χ1v) is 7.90. The maximum absolute atomic E-state index is 10.8. The lowest BCUT2D eigenvalue weighted by molar-refractivity contribution is -0.145. The molecule has 1 aliphatic heterocycles. The van der Waals surface area contributed by atoms with E-state index in [4.69, 9.17) is 4.74 Å². The minimum Gasteiger partial charge on any atom is -0.462 e. The third kappa shape index (κ3) is 5.50. The van der Waals surface area contributed by atoms with E-state index in [0.717, 1.165) is 19.6 Å². The molecule has 1 aliphatic rings. The molecule has 0 spiro atoms. The number of piperidine rings is 1. The van der Waals surface area contributed by atoms with Gasteiger partial charge in [-0.05, 0) is 43.9 Å². The molecule has 1 aromatic rings. The average molecular weight is 300 g/mol. The molecule has 118 valence electrons. The fraction of sp³-hybridized carbons (Fsp3) is 0.556. The summed E-state index contributed by atoms with van der Waals surface area (Å²) in [6.45, 7) is 6.22. The quantitative estimate of drug-likeness (QED) is 0.633. The molecule has 2 atom stereocenters. The van der Waals surface area contributed by atoms with Crippen molar-refractivity contribution < 1.29 is 9.53 Å². The summed E-state index contributed by atoms with van der Waals surface area (Å²) >= 11 is 0. The Morgan fingerprint density at radius 3 is 3.14 bits per heavy atom. The van der Waals surface area contributed by atoms with Gasteiger partial charge in [-0.3, -0.25) is 14.7 Å². The molecule has 1 aromatic heterocycles. The van der Waals surface area contributed by atoms with Crippen LogP contribution in [0.15, 0.2) is 24.5 Å². The van der Waals surface area contributed by atoms with Crippen molar-refractivity contribution in [3.05, 3.63) is 30.1 Å². The van der Waals surface area contributed by atoms with E-state index in [2.05, 4.69) is 27.8 Å². The highest BCUT2D eigenvalue weighted by molar-refractivity contribution is 5.66. The van der Waals surface area contributed by atoms with Gasteiger partial charge in [0.1, 0.15) is 6.10 Å². The number of aromatic nitrogens is 1. The highest BCUT2D eigenvalue weighted by atomic mass is 16.5. The molecule has 1 fully saturated rings. The van der Waals surface area contributed by atoms with Crippen LogP contribution in [0.5, 0.6) is 0 Å². The third-order valence-electron chi connectivity index (χ3n) is 3.85. The average Bonchev–Trinajstić information content (AvgIpc) is 2.52. The first kappa shape index (κ1) is 16.5. The van der Waals surface area contributed by atoms with Crippen molar-refractivity contribution in [3.8, 4) is 11.8 Å². The van der Waals surface area contributed by atoms with Gasteiger partial charge in [-0.1, -0.05) is 17.9 Å². The Kier molecular flexibility index (Phi) is 6.42. The fourth-order valence-corrected chi connectivity index (χ4v) is 2.80. The first-order valence-electron chi connectivity index (χ1n) is 7.90. The Morgan fingerprint density at radius 2 is 2.41 bits per heavy atom. The van der Waals surface area contributed by atoms with E-state index in [1.54, 1.807) is 0 Å². The lowest BCUT2D eigenvalue weighted by Gasteiger charge is -2.31. The summed E-state index contributed by atoms with van der Waals surface area (Å²) in [6.07, 6.45) is 6.68. The molecule has 4 nitrogen and oxygen atoms in total. The lowest BCUT2D eigenvalue weighted by Crippen LogP contribution is -2.34. The molecule has 0 radical (unpaired) electrons. The van der Waals surface area contributed by atoms with E-state index < -0.39 is 0 Å². The second-order valence-corrected chi connectivity index (χ2v) is 5.84. The highest BCUT2D eigenvalue weighted by Gasteiger charge is 2.20. The largest absolute Gasteiger partial charge is 0.462 e. The summed E-state index contributed by atoms with van der Waals surface area (Å²) in [7, 11) is 0. The number of esters is 1. The maximum Gasteiger partial charge on any atom is 0.302 e. The predicted octanol–water partition coefficient (Wildman–Crippen LogP) is 2.61. The van der Waals surface area contributed by atoms with Crippen molar-refractivity contribution in [2.45, 2.75) is 45.1 Å². The fourth-order valence-electron chi connectivity index (χ4n) is 2.80. The van der Waals surface area contributed by atoms with Crippen molar-refractivity contribution in [3.63, 3.8) is 0 Å². The third-order valence-corrected chi connectivity index (χ3v) is 3.85. The van der Waals surface area contributed by atoms with Crippen LogP contribution in [0.4, 0.5) is 0 Å². The van der Waals surface area contributed by atoms with E-state index in [1.165, 1.54) is 25.3 Å². The molecule has 0 aromatic carbocycles. The van der Waals surface area contributed by atoms with Gasteiger partial charge >= 0.3 is 5.97 Å². The second kappa shape index (κ2) is 8.55. The predicted molar refractivity (Wildman–Crippen MR) is 86.3 cm³/mol.